The lowest BCUT2D eigenvalue weighted by molar-refractivity contribution is 0.627. The van der Waals surface area contributed by atoms with Crippen molar-refractivity contribution < 1.29 is 4.39 Å². The fourth-order valence-corrected chi connectivity index (χ4v) is 3.37. The molecule has 5 heteroatoms. The van der Waals surface area contributed by atoms with Gasteiger partial charge in [-0.15, -0.1) is 0 Å². The summed E-state index contributed by atoms with van der Waals surface area (Å²) in [6.07, 6.45) is 3.80. The Bertz CT molecular complexity index is 431. The van der Waals surface area contributed by atoms with Crippen molar-refractivity contribution in [3.05, 3.63) is 29.6 Å². The Labute approximate surface area is 117 Å². The maximum atomic E-state index is 13.8. The molecule has 18 heavy (non-hydrogen) atoms. The van der Waals surface area contributed by atoms with E-state index < -0.39 is 0 Å². The van der Waals surface area contributed by atoms with Crippen LogP contribution in [-0.2, 0) is 0 Å². The van der Waals surface area contributed by atoms with Gasteiger partial charge < -0.3 is 11.1 Å². The maximum absolute atomic E-state index is 13.8. The second-order valence-corrected chi connectivity index (χ2v) is 6.28. The molecule has 0 aliphatic carbocycles. The quantitative estimate of drug-likeness (QED) is 0.833. The van der Waals surface area contributed by atoms with Gasteiger partial charge in [0.15, 0.2) is 0 Å². The van der Waals surface area contributed by atoms with Gasteiger partial charge in [-0.05, 0) is 36.8 Å². The van der Waals surface area contributed by atoms with Gasteiger partial charge in [-0.2, -0.15) is 11.8 Å². The second-order valence-electron chi connectivity index (χ2n) is 4.43. The largest absolute Gasteiger partial charge is 0.389 e. The Morgan fingerprint density at radius 2 is 2.33 bits per heavy atom. The highest BCUT2D eigenvalue weighted by Gasteiger charge is 2.14. The van der Waals surface area contributed by atoms with Crippen molar-refractivity contribution in [2.45, 2.75) is 24.5 Å². The number of nitrogens with two attached hydrogens (primary N) is 1. The van der Waals surface area contributed by atoms with Crippen LogP contribution in [0.5, 0.6) is 0 Å². The third-order valence-electron chi connectivity index (χ3n) is 3.05. The Morgan fingerprint density at radius 1 is 1.50 bits per heavy atom. The summed E-state index contributed by atoms with van der Waals surface area (Å²) in [5.74, 6) is 0.927. The number of nitrogens with one attached hydrogen (secondary N) is 1. The van der Waals surface area contributed by atoms with Gasteiger partial charge in [-0.25, -0.2) is 4.39 Å². The van der Waals surface area contributed by atoms with Gasteiger partial charge in [0.2, 0.25) is 0 Å². The van der Waals surface area contributed by atoms with Crippen LogP contribution in [0, 0.1) is 5.82 Å². The lowest BCUT2D eigenvalue weighted by Gasteiger charge is -2.22. The molecule has 1 aliphatic heterocycles. The molecule has 2 rings (SSSR count). The summed E-state index contributed by atoms with van der Waals surface area (Å²) in [6, 6.07) is 4.84. The molecule has 2 nitrogen and oxygen atoms in total. The number of hydrogen-bond acceptors (Lipinski definition) is 3. The summed E-state index contributed by atoms with van der Waals surface area (Å²) in [6.45, 7) is 0.813. The van der Waals surface area contributed by atoms with Crippen LogP contribution in [-0.4, -0.2) is 22.5 Å². The van der Waals surface area contributed by atoms with Gasteiger partial charge in [0.25, 0.3) is 0 Å². The van der Waals surface area contributed by atoms with E-state index in [0.717, 1.165) is 6.54 Å². The Morgan fingerprint density at radius 3 is 2.94 bits per heavy atom. The molecule has 0 aromatic heterocycles. The molecule has 0 saturated carbocycles. The number of thioether (sulfide) groups is 1. The minimum Gasteiger partial charge on any atom is -0.389 e. The SMILES string of the molecule is NC(=S)c1ccc(NCC2CCCCS2)c(F)c1. The van der Waals surface area contributed by atoms with E-state index in [4.69, 9.17) is 18.0 Å². The zero-order chi connectivity index (χ0) is 13.0. The molecular formula is C13H17FN2S2. The molecule has 1 aromatic carbocycles. The Kier molecular flexibility index (Phi) is 4.83. The molecule has 0 radical (unpaired) electrons. The number of halogens is 1. The molecule has 1 heterocycles. The maximum Gasteiger partial charge on any atom is 0.146 e. The van der Waals surface area contributed by atoms with Gasteiger partial charge in [0.1, 0.15) is 10.8 Å². The Hall–Kier alpha value is -0.810. The predicted octanol–water partition coefficient (Wildman–Crippen LogP) is 3.16. The molecular weight excluding hydrogens is 267 g/mol. The minimum atomic E-state index is -0.291. The second kappa shape index (κ2) is 6.38. The summed E-state index contributed by atoms with van der Waals surface area (Å²) < 4.78 is 13.8. The highest BCUT2D eigenvalue weighted by Crippen LogP contribution is 2.25. The number of thiocarbonyl (C=S) groups is 1. The van der Waals surface area contributed by atoms with Crippen LogP contribution in [0.25, 0.3) is 0 Å². The van der Waals surface area contributed by atoms with Crippen LogP contribution in [0.2, 0.25) is 0 Å². The van der Waals surface area contributed by atoms with Crippen LogP contribution >= 0.6 is 24.0 Å². The monoisotopic (exact) mass is 284 g/mol. The lowest BCUT2D eigenvalue weighted by Crippen LogP contribution is -2.20. The minimum absolute atomic E-state index is 0.225. The summed E-state index contributed by atoms with van der Waals surface area (Å²) in [4.78, 5) is 0.225. The predicted molar refractivity (Wildman–Crippen MR) is 80.9 cm³/mol. The fourth-order valence-electron chi connectivity index (χ4n) is 2.00. The number of rotatable bonds is 4. The molecule has 1 saturated heterocycles. The van der Waals surface area contributed by atoms with Crippen molar-refractivity contribution in [2.24, 2.45) is 5.73 Å². The normalized spacial score (nSPS) is 19.5. The fraction of sp³-hybridized carbons (Fsp3) is 0.462. The van der Waals surface area contributed by atoms with E-state index >= 15 is 0 Å². The molecule has 0 spiro atoms. The average molecular weight is 284 g/mol. The third-order valence-corrected chi connectivity index (χ3v) is 4.68. The van der Waals surface area contributed by atoms with Crippen molar-refractivity contribution in [1.29, 1.82) is 0 Å². The first-order chi connectivity index (χ1) is 8.66. The standard InChI is InChI=1S/C13H17FN2S2/c14-11-7-9(13(15)17)4-5-12(11)16-8-10-3-1-2-6-18-10/h4-5,7,10,16H,1-3,6,8H2,(H2,15,17). The summed E-state index contributed by atoms with van der Waals surface area (Å²) in [7, 11) is 0. The zero-order valence-electron chi connectivity index (χ0n) is 10.1. The van der Waals surface area contributed by atoms with Gasteiger partial charge in [-0.3, -0.25) is 0 Å². The number of benzene rings is 1. The summed E-state index contributed by atoms with van der Waals surface area (Å²) in [5.41, 5.74) is 6.56. The van der Waals surface area contributed by atoms with E-state index in [1.165, 1.54) is 31.1 Å². The summed E-state index contributed by atoms with van der Waals surface area (Å²) >= 11 is 6.79. The van der Waals surface area contributed by atoms with E-state index in [2.05, 4.69) is 5.32 Å². The molecule has 3 N–H and O–H groups in total. The third kappa shape index (κ3) is 3.59. The van der Waals surface area contributed by atoms with Crippen molar-refractivity contribution in [1.82, 2.24) is 0 Å². The van der Waals surface area contributed by atoms with E-state index in [0.29, 0.717) is 16.5 Å². The number of hydrogen-bond donors (Lipinski definition) is 2. The molecule has 1 unspecified atom stereocenters. The van der Waals surface area contributed by atoms with Crippen molar-refractivity contribution >= 4 is 34.7 Å². The highest BCUT2D eigenvalue weighted by molar-refractivity contribution is 7.99. The average Bonchev–Trinajstić information content (AvgIpc) is 2.38. The summed E-state index contributed by atoms with van der Waals surface area (Å²) in [5, 5.41) is 3.76. The van der Waals surface area contributed by atoms with Crippen LogP contribution in [0.15, 0.2) is 18.2 Å². The molecule has 98 valence electrons. The van der Waals surface area contributed by atoms with E-state index in [-0.39, 0.29) is 10.8 Å². The molecule has 1 aliphatic rings. The molecule has 1 atom stereocenters. The first-order valence-electron chi connectivity index (χ1n) is 6.11. The molecule has 1 fully saturated rings. The van der Waals surface area contributed by atoms with E-state index in [1.54, 1.807) is 12.1 Å². The Balaban J connectivity index is 1.94. The van der Waals surface area contributed by atoms with Gasteiger partial charge >= 0.3 is 0 Å². The van der Waals surface area contributed by atoms with Gasteiger partial charge in [-0.1, -0.05) is 18.6 Å². The zero-order valence-corrected chi connectivity index (χ0v) is 11.7. The van der Waals surface area contributed by atoms with Gasteiger partial charge in [0, 0.05) is 17.4 Å². The topological polar surface area (TPSA) is 38.0 Å². The molecule has 1 aromatic rings. The molecule has 0 amide bonds. The first kappa shape index (κ1) is 13.6. The van der Waals surface area contributed by atoms with E-state index in [9.17, 15) is 4.39 Å². The van der Waals surface area contributed by atoms with Crippen molar-refractivity contribution in [3.8, 4) is 0 Å². The van der Waals surface area contributed by atoms with Crippen LogP contribution in [0.1, 0.15) is 24.8 Å². The van der Waals surface area contributed by atoms with Crippen molar-refractivity contribution in [3.63, 3.8) is 0 Å². The van der Waals surface area contributed by atoms with Crippen LogP contribution in [0.3, 0.4) is 0 Å². The lowest BCUT2D eigenvalue weighted by atomic mass is 10.1. The van der Waals surface area contributed by atoms with E-state index in [1.807, 2.05) is 11.8 Å². The molecule has 0 bridgehead atoms. The van der Waals surface area contributed by atoms with Crippen LogP contribution < -0.4 is 11.1 Å². The van der Waals surface area contributed by atoms with Crippen LogP contribution in [0.4, 0.5) is 10.1 Å². The van der Waals surface area contributed by atoms with Crippen molar-refractivity contribution in [2.75, 3.05) is 17.6 Å². The highest BCUT2D eigenvalue weighted by atomic mass is 32.2. The van der Waals surface area contributed by atoms with Gasteiger partial charge in [0.05, 0.1) is 5.69 Å². The first-order valence-corrected chi connectivity index (χ1v) is 7.57. The smallest absolute Gasteiger partial charge is 0.146 e. The number of anilines is 1.